The summed E-state index contributed by atoms with van der Waals surface area (Å²) in [4.78, 5) is 0. The molecule has 0 atom stereocenters. The van der Waals surface area contributed by atoms with Crippen molar-refractivity contribution in [2.75, 3.05) is 5.73 Å². The molecule has 1 aromatic heterocycles. The fourth-order valence-corrected chi connectivity index (χ4v) is 1.76. The summed E-state index contributed by atoms with van der Waals surface area (Å²) in [6.45, 7) is 0. The van der Waals surface area contributed by atoms with E-state index in [9.17, 15) is 0 Å². The van der Waals surface area contributed by atoms with Crippen LogP contribution in [0.1, 0.15) is 0 Å². The standard InChI is InChI=1S/C8H6BrN3S/c9-6-3-1-5(2-4-6)7-8(10)12-13-11-7/h1-4H,(H2,10,12). The Morgan fingerprint density at radius 3 is 2.38 bits per heavy atom. The molecule has 13 heavy (non-hydrogen) atoms. The minimum absolute atomic E-state index is 0.493. The molecule has 2 aromatic rings. The molecule has 1 aromatic carbocycles. The first kappa shape index (κ1) is 8.65. The van der Waals surface area contributed by atoms with Crippen molar-refractivity contribution in [3.63, 3.8) is 0 Å². The van der Waals surface area contributed by atoms with Gasteiger partial charge in [-0.25, -0.2) is 0 Å². The number of aromatic nitrogens is 2. The van der Waals surface area contributed by atoms with Crippen molar-refractivity contribution in [2.24, 2.45) is 0 Å². The van der Waals surface area contributed by atoms with Crippen LogP contribution >= 0.6 is 27.7 Å². The maximum Gasteiger partial charge on any atom is 0.165 e. The van der Waals surface area contributed by atoms with Gasteiger partial charge in [0.15, 0.2) is 5.82 Å². The summed E-state index contributed by atoms with van der Waals surface area (Å²) in [5.41, 5.74) is 7.39. The molecule has 0 aliphatic carbocycles. The highest BCUT2D eigenvalue weighted by Crippen LogP contribution is 2.24. The maximum atomic E-state index is 5.64. The SMILES string of the molecule is Nc1nsnc1-c1ccc(Br)cc1. The largest absolute Gasteiger partial charge is 0.381 e. The molecule has 2 N–H and O–H groups in total. The van der Waals surface area contributed by atoms with E-state index in [4.69, 9.17) is 5.73 Å². The normalized spacial score (nSPS) is 10.2. The lowest BCUT2D eigenvalue weighted by molar-refractivity contribution is 1.48. The van der Waals surface area contributed by atoms with Crippen LogP contribution in [0.15, 0.2) is 28.7 Å². The summed E-state index contributed by atoms with van der Waals surface area (Å²) >= 11 is 4.49. The lowest BCUT2D eigenvalue weighted by Gasteiger charge is -1.96. The van der Waals surface area contributed by atoms with Crippen LogP contribution in [0.5, 0.6) is 0 Å². The van der Waals surface area contributed by atoms with Gasteiger partial charge in [-0.1, -0.05) is 28.1 Å². The molecule has 0 amide bonds. The zero-order valence-electron chi connectivity index (χ0n) is 6.57. The van der Waals surface area contributed by atoms with Gasteiger partial charge in [0.2, 0.25) is 0 Å². The number of nitrogens with two attached hydrogens (primary N) is 1. The summed E-state index contributed by atoms with van der Waals surface area (Å²) in [6.07, 6.45) is 0. The van der Waals surface area contributed by atoms with Gasteiger partial charge in [0.1, 0.15) is 5.69 Å². The summed E-state index contributed by atoms with van der Waals surface area (Å²) in [7, 11) is 0. The van der Waals surface area contributed by atoms with Crippen LogP contribution in [0.3, 0.4) is 0 Å². The van der Waals surface area contributed by atoms with Crippen molar-refractivity contribution in [2.45, 2.75) is 0 Å². The molecular weight excluding hydrogens is 250 g/mol. The van der Waals surface area contributed by atoms with Crippen molar-refractivity contribution in [3.05, 3.63) is 28.7 Å². The average Bonchev–Trinajstić information content (AvgIpc) is 2.53. The number of nitrogen functional groups attached to an aromatic ring is 1. The minimum Gasteiger partial charge on any atom is -0.381 e. The van der Waals surface area contributed by atoms with E-state index in [-0.39, 0.29) is 0 Å². The van der Waals surface area contributed by atoms with Gasteiger partial charge < -0.3 is 5.73 Å². The van der Waals surface area contributed by atoms with E-state index in [1.807, 2.05) is 24.3 Å². The zero-order chi connectivity index (χ0) is 9.26. The third-order valence-corrected chi connectivity index (χ3v) is 2.70. The number of rotatable bonds is 1. The highest BCUT2D eigenvalue weighted by atomic mass is 79.9. The van der Waals surface area contributed by atoms with Gasteiger partial charge in [-0.15, -0.1) is 0 Å². The highest BCUT2D eigenvalue weighted by molar-refractivity contribution is 9.10. The van der Waals surface area contributed by atoms with E-state index in [1.165, 1.54) is 0 Å². The van der Waals surface area contributed by atoms with Crippen molar-refractivity contribution < 1.29 is 0 Å². The first-order chi connectivity index (χ1) is 6.27. The number of halogens is 1. The third kappa shape index (κ3) is 1.71. The van der Waals surface area contributed by atoms with Crippen molar-refractivity contribution in [3.8, 4) is 11.3 Å². The minimum atomic E-state index is 0.493. The third-order valence-electron chi connectivity index (χ3n) is 1.63. The van der Waals surface area contributed by atoms with E-state index in [0.29, 0.717) is 5.82 Å². The van der Waals surface area contributed by atoms with Gasteiger partial charge >= 0.3 is 0 Å². The van der Waals surface area contributed by atoms with E-state index >= 15 is 0 Å². The Morgan fingerprint density at radius 1 is 1.15 bits per heavy atom. The average molecular weight is 256 g/mol. The molecule has 0 aliphatic rings. The van der Waals surface area contributed by atoms with Gasteiger partial charge in [0.05, 0.1) is 11.7 Å². The highest BCUT2D eigenvalue weighted by Gasteiger charge is 2.05. The molecule has 0 fully saturated rings. The lowest BCUT2D eigenvalue weighted by atomic mass is 10.2. The van der Waals surface area contributed by atoms with Gasteiger partial charge in [-0.3, -0.25) is 0 Å². The second kappa shape index (κ2) is 3.43. The molecule has 0 unspecified atom stereocenters. The van der Waals surface area contributed by atoms with Gasteiger partial charge in [0.25, 0.3) is 0 Å². The molecule has 5 heteroatoms. The maximum absolute atomic E-state index is 5.64. The van der Waals surface area contributed by atoms with Gasteiger partial charge in [0, 0.05) is 10.0 Å². The molecule has 0 saturated carbocycles. The smallest absolute Gasteiger partial charge is 0.165 e. The van der Waals surface area contributed by atoms with Gasteiger partial charge in [-0.05, 0) is 12.1 Å². The molecule has 0 aliphatic heterocycles. The topological polar surface area (TPSA) is 51.8 Å². The summed E-state index contributed by atoms with van der Waals surface area (Å²) in [6, 6.07) is 7.82. The molecule has 0 saturated heterocycles. The fraction of sp³-hybridized carbons (Fsp3) is 0. The Kier molecular flexibility index (Phi) is 2.28. The van der Waals surface area contributed by atoms with E-state index in [1.54, 1.807) is 0 Å². The van der Waals surface area contributed by atoms with Crippen molar-refractivity contribution in [1.82, 2.24) is 8.75 Å². The van der Waals surface area contributed by atoms with Crippen molar-refractivity contribution >= 4 is 33.5 Å². The monoisotopic (exact) mass is 255 g/mol. The lowest BCUT2D eigenvalue weighted by Crippen LogP contribution is -1.87. The van der Waals surface area contributed by atoms with E-state index in [2.05, 4.69) is 24.7 Å². The summed E-state index contributed by atoms with van der Waals surface area (Å²) < 4.78 is 9.06. The Balaban J connectivity index is 2.47. The van der Waals surface area contributed by atoms with Crippen LogP contribution in [0.2, 0.25) is 0 Å². The Bertz CT molecular complexity index is 410. The number of hydrogen-bond acceptors (Lipinski definition) is 4. The van der Waals surface area contributed by atoms with E-state index < -0.39 is 0 Å². The molecular formula is C8H6BrN3S. The summed E-state index contributed by atoms with van der Waals surface area (Å²) in [5, 5.41) is 0. The number of benzene rings is 1. The Hall–Kier alpha value is -0.940. The predicted molar refractivity (Wildman–Crippen MR) is 57.5 cm³/mol. The van der Waals surface area contributed by atoms with E-state index in [0.717, 1.165) is 27.5 Å². The zero-order valence-corrected chi connectivity index (χ0v) is 8.97. The van der Waals surface area contributed by atoms with Crippen LogP contribution in [0, 0.1) is 0 Å². The number of nitrogens with zero attached hydrogens (tertiary/aromatic N) is 2. The molecule has 2 rings (SSSR count). The molecule has 0 bridgehead atoms. The molecule has 1 heterocycles. The number of anilines is 1. The molecule has 66 valence electrons. The van der Waals surface area contributed by atoms with Gasteiger partial charge in [-0.2, -0.15) is 8.75 Å². The summed E-state index contributed by atoms with van der Waals surface area (Å²) in [5.74, 6) is 0.493. The van der Waals surface area contributed by atoms with Crippen LogP contribution in [0.25, 0.3) is 11.3 Å². The Labute approximate surface area is 88.1 Å². The first-order valence-corrected chi connectivity index (χ1v) is 5.13. The second-order valence-corrected chi connectivity index (χ2v) is 3.95. The number of hydrogen-bond donors (Lipinski definition) is 1. The quantitative estimate of drug-likeness (QED) is 0.853. The second-order valence-electron chi connectivity index (χ2n) is 2.50. The van der Waals surface area contributed by atoms with Crippen LogP contribution in [0.4, 0.5) is 5.82 Å². The van der Waals surface area contributed by atoms with Crippen LogP contribution in [-0.4, -0.2) is 8.75 Å². The molecule has 3 nitrogen and oxygen atoms in total. The first-order valence-electron chi connectivity index (χ1n) is 3.61. The van der Waals surface area contributed by atoms with Crippen LogP contribution < -0.4 is 5.73 Å². The van der Waals surface area contributed by atoms with Crippen molar-refractivity contribution in [1.29, 1.82) is 0 Å². The fourth-order valence-electron chi connectivity index (χ4n) is 1.00. The van der Waals surface area contributed by atoms with Crippen LogP contribution in [-0.2, 0) is 0 Å². The predicted octanol–water partition coefficient (Wildman–Crippen LogP) is 2.55. The molecule has 0 spiro atoms. The molecule has 0 radical (unpaired) electrons. The Morgan fingerprint density at radius 2 is 1.85 bits per heavy atom.